The molecule has 2 N–H and O–H groups in total. The molecule has 7 nitrogen and oxygen atoms in total. The maximum atomic E-state index is 13.1. The van der Waals surface area contributed by atoms with Gasteiger partial charge in [-0.15, -0.1) is 0 Å². The molecule has 0 aromatic heterocycles. The molecule has 12 unspecified atom stereocenters. The lowest BCUT2D eigenvalue weighted by molar-refractivity contribution is -0.319. The van der Waals surface area contributed by atoms with E-state index in [-0.39, 0.29) is 57.8 Å². The number of amides is 1. The Kier molecular flexibility index (Phi) is 5.81. The molecule has 2 aliphatic heterocycles. The van der Waals surface area contributed by atoms with Crippen molar-refractivity contribution < 1.29 is 23.7 Å². The van der Waals surface area contributed by atoms with E-state index in [1.807, 2.05) is 0 Å². The minimum absolute atomic E-state index is 0.0101. The smallest absolute Gasteiger partial charge is 0.223 e. The van der Waals surface area contributed by atoms with Gasteiger partial charge in [-0.1, -0.05) is 32.9 Å². The summed E-state index contributed by atoms with van der Waals surface area (Å²) in [7, 11) is 0.426. The molecule has 0 bridgehead atoms. The Hall–Kier alpha value is -0.990. The summed E-state index contributed by atoms with van der Waals surface area (Å²) in [6, 6.07) is 0.0241. The van der Waals surface area contributed by atoms with Crippen LogP contribution in [0.5, 0.6) is 0 Å². The molecule has 8 heteroatoms. The molecule has 1 amide bonds. The molecule has 5 rings (SSSR count). The highest BCUT2D eigenvalue weighted by atomic mass is 32.2. The van der Waals surface area contributed by atoms with Crippen LogP contribution in [-0.4, -0.2) is 63.4 Å². The van der Waals surface area contributed by atoms with Crippen molar-refractivity contribution in [1.82, 2.24) is 5.32 Å². The first-order chi connectivity index (χ1) is 15.9. The van der Waals surface area contributed by atoms with E-state index in [1.54, 1.807) is 13.4 Å². The van der Waals surface area contributed by atoms with Crippen LogP contribution in [0.4, 0.5) is 0 Å². The maximum Gasteiger partial charge on any atom is 0.223 e. The third kappa shape index (κ3) is 3.09. The molecule has 3 aliphatic carbocycles. The van der Waals surface area contributed by atoms with Crippen molar-refractivity contribution in [2.75, 3.05) is 13.4 Å². The van der Waals surface area contributed by atoms with Gasteiger partial charge in [0.2, 0.25) is 5.91 Å². The van der Waals surface area contributed by atoms with E-state index in [1.165, 1.54) is 0 Å². The molecule has 2 saturated heterocycles. The van der Waals surface area contributed by atoms with Crippen molar-refractivity contribution in [3.8, 4) is 0 Å². The molecule has 5 aliphatic rings. The van der Waals surface area contributed by atoms with E-state index >= 15 is 0 Å². The van der Waals surface area contributed by atoms with Crippen LogP contribution < -0.4 is 5.32 Å². The number of hydrogen-bond acceptors (Lipinski definition) is 6. The van der Waals surface area contributed by atoms with E-state index < -0.39 is 22.5 Å². The van der Waals surface area contributed by atoms with Gasteiger partial charge in [-0.3, -0.25) is 9.00 Å². The number of carbonyl (C=O) groups excluding carboxylic acids is 1. The third-order valence-corrected chi connectivity index (χ3v) is 12.2. The molecular weight excluding hydrogens is 452 g/mol. The van der Waals surface area contributed by atoms with Crippen molar-refractivity contribution in [2.45, 2.75) is 95.8 Å². The molecule has 0 radical (unpaired) electrons. The highest BCUT2D eigenvalue weighted by Gasteiger charge is 2.72. The molecule has 0 aromatic rings. The number of fused-ring (bicyclic) bond motifs is 3. The number of oxime groups is 1. The standard InChI is InChI=1S/C26H42N2O5S/c1-13-8-9-19-24(3,4)22(28-32-6)18(34(7)31)12-26(19)25(13,5)11-16-17(29)10-15-20(21(16)33-26)14(2)27-23(15)30/h13-21,29H,8-12H2,1-7H3,(H,27,30). The second kappa shape index (κ2) is 8.01. The summed E-state index contributed by atoms with van der Waals surface area (Å²) in [5.74, 6) is 0.511. The number of aliphatic hydroxyl groups excluding tert-OH is 1. The summed E-state index contributed by atoms with van der Waals surface area (Å²) >= 11 is 0. The van der Waals surface area contributed by atoms with Crippen LogP contribution in [0.25, 0.3) is 0 Å². The van der Waals surface area contributed by atoms with E-state index in [0.29, 0.717) is 18.8 Å². The minimum atomic E-state index is -1.14. The number of ether oxygens (including phenoxy) is 1. The molecule has 0 aromatic carbocycles. The van der Waals surface area contributed by atoms with Crippen molar-refractivity contribution in [3.63, 3.8) is 0 Å². The fraction of sp³-hybridized carbons (Fsp3) is 0.923. The Morgan fingerprint density at radius 2 is 1.91 bits per heavy atom. The zero-order valence-corrected chi connectivity index (χ0v) is 22.5. The average molecular weight is 495 g/mol. The predicted octanol–water partition coefficient (Wildman–Crippen LogP) is 2.88. The van der Waals surface area contributed by atoms with Gasteiger partial charge in [0.15, 0.2) is 0 Å². The molecule has 3 saturated carbocycles. The van der Waals surface area contributed by atoms with Crippen molar-refractivity contribution >= 4 is 22.4 Å². The third-order valence-electron chi connectivity index (χ3n) is 11.0. The fourth-order valence-electron chi connectivity index (χ4n) is 9.07. The van der Waals surface area contributed by atoms with Crippen LogP contribution >= 0.6 is 0 Å². The predicted molar refractivity (Wildman–Crippen MR) is 132 cm³/mol. The lowest BCUT2D eigenvalue weighted by Crippen LogP contribution is -2.74. The van der Waals surface area contributed by atoms with Crippen LogP contribution in [-0.2, 0) is 25.2 Å². The van der Waals surface area contributed by atoms with Gasteiger partial charge in [0.1, 0.15) is 7.11 Å². The minimum Gasteiger partial charge on any atom is -0.399 e. The summed E-state index contributed by atoms with van der Waals surface area (Å²) in [6.45, 7) is 11.2. The quantitative estimate of drug-likeness (QED) is 0.576. The lowest BCUT2D eigenvalue weighted by atomic mass is 9.42. The van der Waals surface area contributed by atoms with Crippen molar-refractivity contribution in [2.24, 2.45) is 45.6 Å². The van der Waals surface area contributed by atoms with E-state index in [9.17, 15) is 14.1 Å². The largest absolute Gasteiger partial charge is 0.399 e. The van der Waals surface area contributed by atoms with Gasteiger partial charge < -0.3 is 20.0 Å². The van der Waals surface area contributed by atoms with Gasteiger partial charge in [-0.05, 0) is 56.3 Å². The van der Waals surface area contributed by atoms with Gasteiger partial charge >= 0.3 is 0 Å². The van der Waals surface area contributed by atoms with Crippen LogP contribution in [0.15, 0.2) is 5.16 Å². The number of carbonyl (C=O) groups is 1. The number of aliphatic hydroxyl groups is 1. The highest BCUT2D eigenvalue weighted by Crippen LogP contribution is 2.68. The summed E-state index contributed by atoms with van der Waals surface area (Å²) < 4.78 is 20.6. The summed E-state index contributed by atoms with van der Waals surface area (Å²) in [6.07, 6.45) is 5.16. The van der Waals surface area contributed by atoms with Crippen LogP contribution in [0, 0.1) is 40.4 Å². The van der Waals surface area contributed by atoms with E-state index in [0.717, 1.165) is 25.0 Å². The second-order valence-corrected chi connectivity index (χ2v) is 14.2. The Bertz CT molecular complexity index is 923. The number of rotatable bonds is 2. The fourth-order valence-corrected chi connectivity index (χ4v) is 10.2. The zero-order chi connectivity index (χ0) is 24.8. The first-order valence-corrected chi connectivity index (χ1v) is 14.6. The monoisotopic (exact) mass is 494 g/mol. The van der Waals surface area contributed by atoms with Gasteiger partial charge in [0.05, 0.1) is 28.8 Å². The van der Waals surface area contributed by atoms with E-state index in [2.05, 4.69) is 45.1 Å². The molecule has 2 heterocycles. The first-order valence-electron chi connectivity index (χ1n) is 13.0. The number of hydrogen-bond donors (Lipinski definition) is 2. The maximum absolute atomic E-state index is 13.1. The normalized spacial score (nSPS) is 53.7. The van der Waals surface area contributed by atoms with Crippen LogP contribution in [0.1, 0.15) is 66.7 Å². The average Bonchev–Trinajstić information content (AvgIpc) is 3.03. The summed E-state index contributed by atoms with van der Waals surface area (Å²) in [5.41, 5.74) is -0.133. The van der Waals surface area contributed by atoms with E-state index in [4.69, 9.17) is 9.57 Å². The first kappa shape index (κ1) is 24.7. The topological polar surface area (TPSA) is 97.2 Å². The number of nitrogens with one attached hydrogen (secondary N) is 1. The van der Waals surface area contributed by atoms with Gasteiger partial charge in [0.25, 0.3) is 0 Å². The van der Waals surface area contributed by atoms with Crippen molar-refractivity contribution in [3.05, 3.63) is 0 Å². The molecule has 34 heavy (non-hydrogen) atoms. The van der Waals surface area contributed by atoms with Gasteiger partial charge in [-0.2, -0.15) is 0 Å². The molecule has 5 fully saturated rings. The summed E-state index contributed by atoms with van der Waals surface area (Å²) in [5, 5.41) is 18.6. The molecule has 192 valence electrons. The Balaban J connectivity index is 1.66. The zero-order valence-electron chi connectivity index (χ0n) is 21.7. The molecule has 1 spiro atoms. The van der Waals surface area contributed by atoms with Crippen LogP contribution in [0.3, 0.4) is 0 Å². The summed E-state index contributed by atoms with van der Waals surface area (Å²) in [4.78, 5) is 18.0. The lowest BCUT2D eigenvalue weighted by Gasteiger charge is -2.70. The van der Waals surface area contributed by atoms with Gasteiger partial charge in [-0.25, -0.2) is 0 Å². The Morgan fingerprint density at radius 1 is 1.21 bits per heavy atom. The number of nitrogens with zero attached hydrogens (tertiary/aromatic N) is 1. The second-order valence-electron chi connectivity index (χ2n) is 12.6. The van der Waals surface area contributed by atoms with Gasteiger partial charge in [0, 0.05) is 46.3 Å². The molecular formula is C26H42N2O5S. The Labute approximate surface area is 206 Å². The Morgan fingerprint density at radius 3 is 2.56 bits per heavy atom. The van der Waals surface area contributed by atoms with Crippen LogP contribution in [0.2, 0.25) is 0 Å². The highest BCUT2D eigenvalue weighted by molar-refractivity contribution is 7.85. The van der Waals surface area contributed by atoms with Crippen molar-refractivity contribution in [1.29, 1.82) is 0 Å². The SMILES string of the molecule is CON=C1C(S(C)=O)CC23OC4C(CC2(C)C(C)CCC3C1(C)C)C(O)CC1C(=O)NC(C)C14. The molecule has 12 atom stereocenters.